The van der Waals surface area contributed by atoms with Crippen LogP contribution in [0.4, 0.5) is 0 Å². The molecule has 0 bridgehead atoms. The Morgan fingerprint density at radius 2 is 1.76 bits per heavy atom. The maximum Gasteiger partial charge on any atom is 0.129 e. The molecule has 1 aromatic heterocycles. The average molecular weight is 248 g/mol. The van der Waals surface area contributed by atoms with E-state index in [1.54, 1.807) is 13.3 Å². The molecule has 0 saturated carbocycles. The van der Waals surface area contributed by atoms with Crippen LogP contribution in [-0.2, 0) is 12.8 Å². The van der Waals surface area contributed by atoms with Crippen LogP contribution in [0.15, 0.2) is 42.6 Å². The van der Waals surface area contributed by atoms with Crippen molar-refractivity contribution >= 4 is 11.6 Å². The molecule has 1 aromatic carbocycles. The first-order chi connectivity index (χ1) is 8.28. The number of halogens is 1. The van der Waals surface area contributed by atoms with Crippen molar-refractivity contribution in [2.75, 3.05) is 7.11 Å². The summed E-state index contributed by atoms with van der Waals surface area (Å²) in [6.45, 7) is 0. The summed E-state index contributed by atoms with van der Waals surface area (Å²) >= 11 is 5.84. The van der Waals surface area contributed by atoms with Crippen LogP contribution < -0.4 is 4.74 Å². The second-order valence-corrected chi connectivity index (χ2v) is 4.22. The summed E-state index contributed by atoms with van der Waals surface area (Å²) in [6.07, 6.45) is 3.70. The number of hydrogen-bond acceptors (Lipinski definition) is 2. The lowest BCUT2D eigenvalue weighted by Crippen LogP contribution is -1.92. The van der Waals surface area contributed by atoms with E-state index in [0.717, 1.165) is 18.6 Å². The van der Waals surface area contributed by atoms with Gasteiger partial charge in [0.2, 0.25) is 0 Å². The van der Waals surface area contributed by atoms with Gasteiger partial charge in [-0.05, 0) is 48.2 Å². The maximum absolute atomic E-state index is 5.84. The molecular weight excluding hydrogens is 234 g/mol. The molecule has 0 saturated heterocycles. The standard InChI is InChI=1S/C14H14ClNO/c1-17-13-6-4-11(5-7-13)2-3-12-8-9-16-14(15)10-12/h4-10H,2-3H2,1H3. The van der Waals surface area contributed by atoms with Gasteiger partial charge in [-0.2, -0.15) is 0 Å². The third-order valence-corrected chi connectivity index (χ3v) is 2.86. The van der Waals surface area contributed by atoms with E-state index in [2.05, 4.69) is 17.1 Å². The van der Waals surface area contributed by atoms with Crippen molar-refractivity contribution < 1.29 is 4.74 Å². The quantitative estimate of drug-likeness (QED) is 0.771. The van der Waals surface area contributed by atoms with Crippen molar-refractivity contribution in [2.45, 2.75) is 12.8 Å². The monoisotopic (exact) mass is 247 g/mol. The van der Waals surface area contributed by atoms with Crippen molar-refractivity contribution in [3.8, 4) is 5.75 Å². The summed E-state index contributed by atoms with van der Waals surface area (Å²) < 4.78 is 5.12. The maximum atomic E-state index is 5.84. The molecule has 2 rings (SSSR count). The SMILES string of the molecule is COc1ccc(CCc2ccnc(Cl)c2)cc1. The molecule has 2 nitrogen and oxygen atoms in total. The van der Waals surface area contributed by atoms with E-state index in [9.17, 15) is 0 Å². The highest BCUT2D eigenvalue weighted by Crippen LogP contribution is 2.14. The predicted molar refractivity (Wildman–Crippen MR) is 69.6 cm³/mol. The molecule has 1 heterocycles. The Bertz CT molecular complexity index is 482. The fraction of sp³-hybridized carbons (Fsp3) is 0.214. The number of rotatable bonds is 4. The summed E-state index contributed by atoms with van der Waals surface area (Å²) in [5, 5.41) is 0.553. The van der Waals surface area contributed by atoms with Crippen LogP contribution >= 0.6 is 11.6 Å². The molecule has 0 amide bonds. The first kappa shape index (κ1) is 11.9. The minimum Gasteiger partial charge on any atom is -0.497 e. The van der Waals surface area contributed by atoms with E-state index in [1.165, 1.54) is 11.1 Å². The molecule has 0 radical (unpaired) electrons. The van der Waals surface area contributed by atoms with Crippen LogP contribution in [0.1, 0.15) is 11.1 Å². The number of pyridine rings is 1. The van der Waals surface area contributed by atoms with Gasteiger partial charge >= 0.3 is 0 Å². The lowest BCUT2D eigenvalue weighted by Gasteiger charge is -2.04. The van der Waals surface area contributed by atoms with E-state index >= 15 is 0 Å². The van der Waals surface area contributed by atoms with E-state index in [0.29, 0.717) is 5.15 Å². The van der Waals surface area contributed by atoms with Crippen LogP contribution in [-0.4, -0.2) is 12.1 Å². The zero-order valence-electron chi connectivity index (χ0n) is 9.69. The van der Waals surface area contributed by atoms with Gasteiger partial charge in [-0.3, -0.25) is 0 Å². The van der Waals surface area contributed by atoms with Crippen molar-refractivity contribution in [3.05, 3.63) is 58.9 Å². The molecule has 88 valence electrons. The van der Waals surface area contributed by atoms with Gasteiger partial charge in [-0.1, -0.05) is 23.7 Å². The Morgan fingerprint density at radius 3 is 2.41 bits per heavy atom. The second kappa shape index (κ2) is 5.69. The minimum absolute atomic E-state index is 0.553. The summed E-state index contributed by atoms with van der Waals surface area (Å²) in [6, 6.07) is 12.0. The van der Waals surface area contributed by atoms with Crippen molar-refractivity contribution in [1.29, 1.82) is 0 Å². The van der Waals surface area contributed by atoms with Crippen LogP contribution in [0.5, 0.6) is 5.75 Å². The number of ether oxygens (including phenoxy) is 1. The highest BCUT2D eigenvalue weighted by atomic mass is 35.5. The normalized spacial score (nSPS) is 10.2. The van der Waals surface area contributed by atoms with Crippen LogP contribution in [0.2, 0.25) is 5.15 Å². The lowest BCUT2D eigenvalue weighted by atomic mass is 10.1. The first-order valence-corrected chi connectivity index (χ1v) is 5.89. The smallest absolute Gasteiger partial charge is 0.129 e. The Hall–Kier alpha value is -1.54. The fourth-order valence-electron chi connectivity index (χ4n) is 1.68. The Labute approximate surface area is 106 Å². The average Bonchev–Trinajstić information content (AvgIpc) is 2.37. The summed E-state index contributed by atoms with van der Waals surface area (Å²) in [5.74, 6) is 0.890. The van der Waals surface area contributed by atoms with Gasteiger partial charge in [0.1, 0.15) is 10.9 Å². The van der Waals surface area contributed by atoms with Crippen LogP contribution in [0.3, 0.4) is 0 Å². The fourth-order valence-corrected chi connectivity index (χ4v) is 1.88. The Balaban J connectivity index is 1.97. The molecule has 2 aromatic rings. The molecular formula is C14H14ClNO. The largest absolute Gasteiger partial charge is 0.497 e. The van der Waals surface area contributed by atoms with Crippen LogP contribution in [0, 0.1) is 0 Å². The van der Waals surface area contributed by atoms with Gasteiger partial charge in [-0.25, -0.2) is 4.98 Å². The van der Waals surface area contributed by atoms with E-state index in [-0.39, 0.29) is 0 Å². The number of methoxy groups -OCH3 is 1. The zero-order valence-corrected chi connectivity index (χ0v) is 10.4. The van der Waals surface area contributed by atoms with E-state index in [4.69, 9.17) is 16.3 Å². The summed E-state index contributed by atoms with van der Waals surface area (Å²) in [5.41, 5.74) is 2.50. The molecule has 0 atom stereocenters. The van der Waals surface area contributed by atoms with Gasteiger partial charge < -0.3 is 4.74 Å². The Morgan fingerprint density at radius 1 is 1.06 bits per heavy atom. The van der Waals surface area contributed by atoms with Gasteiger partial charge in [0, 0.05) is 6.20 Å². The summed E-state index contributed by atoms with van der Waals surface area (Å²) in [7, 11) is 1.67. The van der Waals surface area contributed by atoms with Gasteiger partial charge in [-0.15, -0.1) is 0 Å². The van der Waals surface area contributed by atoms with Gasteiger partial charge in [0.05, 0.1) is 7.11 Å². The summed E-state index contributed by atoms with van der Waals surface area (Å²) in [4.78, 5) is 3.97. The van der Waals surface area contributed by atoms with Crippen LogP contribution in [0.25, 0.3) is 0 Å². The van der Waals surface area contributed by atoms with Gasteiger partial charge in [0.25, 0.3) is 0 Å². The predicted octanol–water partition coefficient (Wildman–Crippen LogP) is 3.53. The molecule has 0 aliphatic carbocycles. The molecule has 0 aliphatic rings. The van der Waals surface area contributed by atoms with Crippen molar-refractivity contribution in [1.82, 2.24) is 4.98 Å². The molecule has 0 fully saturated rings. The molecule has 0 N–H and O–H groups in total. The van der Waals surface area contributed by atoms with E-state index < -0.39 is 0 Å². The van der Waals surface area contributed by atoms with Crippen molar-refractivity contribution in [2.24, 2.45) is 0 Å². The van der Waals surface area contributed by atoms with Gasteiger partial charge in [0.15, 0.2) is 0 Å². The Kier molecular flexibility index (Phi) is 3.99. The minimum atomic E-state index is 0.553. The zero-order chi connectivity index (χ0) is 12.1. The molecule has 3 heteroatoms. The number of nitrogens with zero attached hydrogens (tertiary/aromatic N) is 1. The third kappa shape index (κ3) is 3.46. The molecule has 0 unspecified atom stereocenters. The van der Waals surface area contributed by atoms with E-state index in [1.807, 2.05) is 24.3 Å². The lowest BCUT2D eigenvalue weighted by molar-refractivity contribution is 0.414. The number of benzene rings is 1. The number of aromatic nitrogens is 1. The highest BCUT2D eigenvalue weighted by Gasteiger charge is 1.98. The second-order valence-electron chi connectivity index (χ2n) is 3.83. The highest BCUT2D eigenvalue weighted by molar-refractivity contribution is 6.29. The third-order valence-electron chi connectivity index (χ3n) is 2.65. The van der Waals surface area contributed by atoms with Crippen molar-refractivity contribution in [3.63, 3.8) is 0 Å². The molecule has 0 spiro atoms. The first-order valence-electron chi connectivity index (χ1n) is 5.51. The number of aryl methyl sites for hydroxylation is 2. The molecule has 17 heavy (non-hydrogen) atoms. The number of hydrogen-bond donors (Lipinski definition) is 0. The topological polar surface area (TPSA) is 22.1 Å². The molecule has 0 aliphatic heterocycles.